The zero-order chi connectivity index (χ0) is 20.4. The van der Waals surface area contributed by atoms with E-state index in [2.05, 4.69) is 20.6 Å². The molecule has 0 spiro atoms. The molecule has 29 heavy (non-hydrogen) atoms. The van der Waals surface area contributed by atoms with Crippen molar-refractivity contribution in [2.24, 2.45) is 4.99 Å². The predicted octanol–water partition coefficient (Wildman–Crippen LogP) is 2.94. The maximum absolute atomic E-state index is 14.3. The Bertz CT molecular complexity index is 777. The highest BCUT2D eigenvalue weighted by Crippen LogP contribution is 2.15. The average Bonchev–Trinajstić information content (AvgIpc) is 3.21. The highest BCUT2D eigenvalue weighted by atomic mass is 127. The van der Waals surface area contributed by atoms with Gasteiger partial charge < -0.3 is 20.1 Å². The van der Waals surface area contributed by atoms with Gasteiger partial charge in [0.1, 0.15) is 5.82 Å². The van der Waals surface area contributed by atoms with Crippen LogP contribution in [0.2, 0.25) is 0 Å². The number of aliphatic imine (C=N–C) groups is 1. The summed E-state index contributed by atoms with van der Waals surface area (Å²) in [5.41, 5.74) is 1.21. The van der Waals surface area contributed by atoms with Gasteiger partial charge in [-0.05, 0) is 38.5 Å². The van der Waals surface area contributed by atoms with Crippen molar-refractivity contribution in [1.29, 1.82) is 0 Å². The molecule has 0 unspecified atom stereocenters. The Balaban J connectivity index is 0.00000420. The number of halogens is 2. The fourth-order valence-corrected chi connectivity index (χ4v) is 2.79. The summed E-state index contributed by atoms with van der Waals surface area (Å²) in [7, 11) is 0. The van der Waals surface area contributed by atoms with E-state index >= 15 is 0 Å². The molecule has 2 rings (SSSR count). The van der Waals surface area contributed by atoms with Crippen LogP contribution in [0.3, 0.4) is 0 Å². The molecule has 1 amide bonds. The molecule has 7 nitrogen and oxygen atoms in total. The standard InChI is InChI=1S/C20H29FN6O.HI/c1-4-23-20(24-10-9-19(28)26(5-2)6-3)25-14-16-7-8-18(17(21)13-16)27-12-11-22-15-27;/h7-8,11-13,15H,4-6,9-10,14H2,1-3H3,(H2,23,24,25);1H. The van der Waals surface area contributed by atoms with Gasteiger partial charge in [-0.1, -0.05) is 6.07 Å². The minimum Gasteiger partial charge on any atom is -0.357 e. The molecule has 0 aliphatic heterocycles. The summed E-state index contributed by atoms with van der Waals surface area (Å²) in [5, 5.41) is 6.30. The van der Waals surface area contributed by atoms with E-state index in [1.165, 1.54) is 6.07 Å². The SMILES string of the molecule is CCNC(=NCc1ccc(-n2ccnc2)c(F)c1)NCCC(=O)N(CC)CC.I. The van der Waals surface area contributed by atoms with E-state index in [1.54, 1.807) is 34.3 Å². The van der Waals surface area contributed by atoms with Crippen molar-refractivity contribution in [3.8, 4) is 5.69 Å². The predicted molar refractivity (Wildman–Crippen MR) is 124 cm³/mol. The van der Waals surface area contributed by atoms with Crippen molar-refractivity contribution < 1.29 is 9.18 Å². The van der Waals surface area contributed by atoms with Crippen LogP contribution in [-0.4, -0.2) is 52.5 Å². The number of aromatic nitrogens is 2. The quantitative estimate of drug-likeness (QED) is 0.306. The second-order valence-electron chi connectivity index (χ2n) is 6.19. The summed E-state index contributed by atoms with van der Waals surface area (Å²) < 4.78 is 16.0. The second kappa shape index (κ2) is 13.1. The molecule has 1 aromatic heterocycles. The molecule has 0 radical (unpaired) electrons. The zero-order valence-electron chi connectivity index (χ0n) is 17.2. The van der Waals surface area contributed by atoms with Crippen LogP contribution in [-0.2, 0) is 11.3 Å². The number of carbonyl (C=O) groups excluding carboxylic acids is 1. The Morgan fingerprint density at radius 2 is 2.00 bits per heavy atom. The first-order valence-corrected chi connectivity index (χ1v) is 9.65. The Hall–Kier alpha value is -2.17. The summed E-state index contributed by atoms with van der Waals surface area (Å²) in [4.78, 5) is 22.3. The van der Waals surface area contributed by atoms with Crippen LogP contribution in [0.15, 0.2) is 41.9 Å². The van der Waals surface area contributed by atoms with Crippen LogP contribution in [0.4, 0.5) is 4.39 Å². The van der Waals surface area contributed by atoms with Gasteiger partial charge in [0.15, 0.2) is 5.96 Å². The van der Waals surface area contributed by atoms with Crippen LogP contribution in [0.25, 0.3) is 5.69 Å². The number of hydrogen-bond donors (Lipinski definition) is 2. The zero-order valence-corrected chi connectivity index (χ0v) is 19.5. The first-order valence-electron chi connectivity index (χ1n) is 9.65. The number of carbonyl (C=O) groups is 1. The fraction of sp³-hybridized carbons (Fsp3) is 0.450. The third-order valence-corrected chi connectivity index (χ3v) is 4.31. The van der Waals surface area contributed by atoms with E-state index < -0.39 is 0 Å². The third kappa shape index (κ3) is 7.64. The minimum atomic E-state index is -0.325. The molecule has 0 fully saturated rings. The molecule has 0 atom stereocenters. The lowest BCUT2D eigenvalue weighted by atomic mass is 10.2. The molecular weight excluding hydrogens is 486 g/mol. The van der Waals surface area contributed by atoms with Gasteiger partial charge in [0.2, 0.25) is 5.91 Å². The molecule has 0 aliphatic rings. The average molecular weight is 516 g/mol. The fourth-order valence-electron chi connectivity index (χ4n) is 2.79. The number of rotatable bonds is 9. The Kier molecular flexibility index (Phi) is 11.3. The van der Waals surface area contributed by atoms with E-state index in [0.717, 1.165) is 5.56 Å². The van der Waals surface area contributed by atoms with E-state index in [1.807, 2.05) is 26.8 Å². The molecule has 0 saturated heterocycles. The second-order valence-corrected chi connectivity index (χ2v) is 6.19. The monoisotopic (exact) mass is 516 g/mol. The van der Waals surface area contributed by atoms with Crippen molar-refractivity contribution in [3.63, 3.8) is 0 Å². The Morgan fingerprint density at radius 3 is 2.59 bits per heavy atom. The number of imidazole rings is 1. The lowest BCUT2D eigenvalue weighted by Gasteiger charge is -2.19. The van der Waals surface area contributed by atoms with Gasteiger partial charge in [-0.25, -0.2) is 14.4 Å². The molecule has 2 aromatic rings. The molecule has 9 heteroatoms. The number of benzene rings is 1. The number of nitrogens with one attached hydrogen (secondary N) is 2. The molecule has 0 saturated carbocycles. The minimum absolute atomic E-state index is 0. The smallest absolute Gasteiger partial charge is 0.224 e. The van der Waals surface area contributed by atoms with E-state index in [4.69, 9.17) is 0 Å². The summed E-state index contributed by atoms with van der Waals surface area (Å²) in [6, 6.07) is 5.03. The molecule has 1 heterocycles. The lowest BCUT2D eigenvalue weighted by molar-refractivity contribution is -0.130. The first-order chi connectivity index (χ1) is 13.6. The molecular formula is C20H30FIN6O. The normalized spacial score (nSPS) is 11.0. The summed E-state index contributed by atoms with van der Waals surface area (Å²) >= 11 is 0. The molecule has 0 bridgehead atoms. The molecule has 2 N–H and O–H groups in total. The Morgan fingerprint density at radius 1 is 1.24 bits per heavy atom. The van der Waals surface area contributed by atoms with E-state index in [-0.39, 0.29) is 35.7 Å². The van der Waals surface area contributed by atoms with Crippen LogP contribution in [0, 0.1) is 5.82 Å². The van der Waals surface area contributed by atoms with Gasteiger partial charge in [-0.2, -0.15) is 0 Å². The molecule has 0 aliphatic carbocycles. The van der Waals surface area contributed by atoms with E-state index in [0.29, 0.717) is 50.8 Å². The van der Waals surface area contributed by atoms with Gasteiger partial charge in [0.25, 0.3) is 0 Å². The number of guanidine groups is 1. The molecule has 1 aromatic carbocycles. The summed E-state index contributed by atoms with van der Waals surface area (Å²) in [6.07, 6.45) is 5.27. The van der Waals surface area contributed by atoms with Crippen molar-refractivity contribution in [2.75, 3.05) is 26.2 Å². The largest absolute Gasteiger partial charge is 0.357 e. The van der Waals surface area contributed by atoms with Gasteiger partial charge in [-0.15, -0.1) is 24.0 Å². The summed E-state index contributed by atoms with van der Waals surface area (Å²) in [6.45, 7) is 8.86. The summed E-state index contributed by atoms with van der Waals surface area (Å²) in [5.74, 6) is 0.396. The van der Waals surface area contributed by atoms with Crippen molar-refractivity contribution in [1.82, 2.24) is 25.1 Å². The van der Waals surface area contributed by atoms with Crippen molar-refractivity contribution >= 4 is 35.8 Å². The lowest BCUT2D eigenvalue weighted by Crippen LogP contribution is -2.40. The number of hydrogen-bond acceptors (Lipinski definition) is 3. The maximum atomic E-state index is 14.3. The van der Waals surface area contributed by atoms with Gasteiger partial charge in [0.05, 0.1) is 18.6 Å². The van der Waals surface area contributed by atoms with Gasteiger partial charge in [-0.3, -0.25) is 4.79 Å². The Labute approximate surface area is 188 Å². The number of amides is 1. The number of nitrogens with zero attached hydrogens (tertiary/aromatic N) is 4. The highest BCUT2D eigenvalue weighted by molar-refractivity contribution is 14.0. The van der Waals surface area contributed by atoms with Crippen LogP contribution < -0.4 is 10.6 Å². The van der Waals surface area contributed by atoms with Crippen LogP contribution in [0.1, 0.15) is 32.8 Å². The third-order valence-electron chi connectivity index (χ3n) is 4.31. The van der Waals surface area contributed by atoms with Crippen molar-refractivity contribution in [2.45, 2.75) is 33.7 Å². The van der Waals surface area contributed by atoms with E-state index in [9.17, 15) is 9.18 Å². The van der Waals surface area contributed by atoms with Crippen LogP contribution >= 0.6 is 24.0 Å². The first kappa shape index (κ1) is 24.9. The maximum Gasteiger partial charge on any atom is 0.224 e. The van der Waals surface area contributed by atoms with Gasteiger partial charge >= 0.3 is 0 Å². The van der Waals surface area contributed by atoms with Gasteiger partial charge in [0, 0.05) is 45.0 Å². The van der Waals surface area contributed by atoms with Crippen LogP contribution in [0.5, 0.6) is 0 Å². The highest BCUT2D eigenvalue weighted by Gasteiger charge is 2.09. The topological polar surface area (TPSA) is 74.5 Å². The van der Waals surface area contributed by atoms with Crippen molar-refractivity contribution in [3.05, 3.63) is 48.3 Å². The molecule has 160 valence electrons.